The van der Waals surface area contributed by atoms with Crippen molar-refractivity contribution in [3.8, 4) is 0 Å². The third kappa shape index (κ3) is 31.0. The Morgan fingerprint density at radius 2 is 1.18 bits per heavy atom. The second kappa shape index (κ2) is 28.3. The lowest BCUT2D eigenvalue weighted by Crippen LogP contribution is -2.18. The maximum Gasteiger partial charge on any atom is 0.304 e. The number of Topliss-reactive ketones (excluding diaryl/α,β-unsaturated/α-hetero) is 1. The minimum absolute atomic E-state index is 0.151. The van der Waals surface area contributed by atoms with Crippen LogP contribution in [0.25, 0.3) is 0 Å². The molecule has 0 spiro atoms. The molecule has 0 aliphatic heterocycles. The van der Waals surface area contributed by atoms with Gasteiger partial charge < -0.3 is 10.2 Å². The first-order chi connectivity index (χ1) is 16.3. The van der Waals surface area contributed by atoms with Gasteiger partial charge in [-0.1, -0.05) is 121 Å². The molecule has 0 aliphatic carbocycles. The number of aliphatic carboxylic acids is 2. The lowest BCUT2D eigenvalue weighted by Gasteiger charge is -2.01. The zero-order valence-corrected chi connectivity index (χ0v) is 24.2. The molecule has 5 nitrogen and oxygen atoms in total. The molecule has 0 saturated carbocycles. The molecule has 0 radical (unpaired) electrons. The van der Waals surface area contributed by atoms with Crippen LogP contribution in [0.5, 0.6) is 0 Å². The second-order valence-electron chi connectivity index (χ2n) is 8.45. The molecule has 1 atom stereocenters. The highest BCUT2D eigenvalue weighted by atomic mass is 79.9. The highest BCUT2D eigenvalue weighted by molar-refractivity contribution is 9.10. The van der Waals surface area contributed by atoms with Crippen molar-refractivity contribution in [3.63, 3.8) is 0 Å². The molecule has 0 bridgehead atoms. The number of unbranched alkanes of at least 4 members (excludes halogenated alkanes) is 12. The predicted molar refractivity (Wildman–Crippen MR) is 149 cm³/mol. The lowest BCUT2D eigenvalue weighted by atomic mass is 10.1. The summed E-state index contributed by atoms with van der Waals surface area (Å²) in [5, 5.41) is 17.0. The zero-order chi connectivity index (χ0) is 25.9. The van der Waals surface area contributed by atoms with Crippen LogP contribution in [0.3, 0.4) is 0 Å². The van der Waals surface area contributed by atoms with E-state index in [1.54, 1.807) is 0 Å². The maximum atomic E-state index is 10.7. The minimum atomic E-state index is -0.976. The van der Waals surface area contributed by atoms with E-state index in [0.29, 0.717) is 6.42 Å². The van der Waals surface area contributed by atoms with Crippen molar-refractivity contribution in [2.75, 3.05) is 5.33 Å². The van der Waals surface area contributed by atoms with Gasteiger partial charge in [0.15, 0.2) is 5.78 Å². The molecule has 0 aromatic carbocycles. The summed E-state index contributed by atoms with van der Waals surface area (Å²) in [5.41, 5.74) is 0. The lowest BCUT2D eigenvalue weighted by molar-refractivity contribution is -0.138. The smallest absolute Gasteiger partial charge is 0.304 e. The largest absolute Gasteiger partial charge is 0.481 e. The molecular formula is C27H46Br2O5. The first-order valence-corrected chi connectivity index (χ1v) is 14.8. The van der Waals surface area contributed by atoms with Gasteiger partial charge in [-0.2, -0.15) is 0 Å². The Morgan fingerprint density at radius 1 is 0.706 bits per heavy atom. The number of carboxylic acids is 2. The number of carbonyl (C=O) groups excluding carboxylic acids is 1. The monoisotopic (exact) mass is 608 g/mol. The maximum absolute atomic E-state index is 10.7. The fraction of sp³-hybridized carbons (Fsp3) is 0.741. The van der Waals surface area contributed by atoms with Crippen LogP contribution in [0.2, 0.25) is 0 Å². The molecule has 0 aromatic heterocycles. The molecular weight excluding hydrogens is 564 g/mol. The standard InChI is InChI=1S/C22H40O2.C5H6Br2O3/c1-2-3-4-5-6-7-8-9-10-11-12-13-14-15-16-17-18-19-20-21-22(23)24;6-2-4(8)3(7)1-5(9)10/h6-7,9-10H,2-5,8,11-21H2,1H3,(H,23,24);3H,1-2H2,(H,9,10)/b7-6?,10-9-;. The molecule has 0 fully saturated rings. The molecule has 0 heterocycles. The van der Waals surface area contributed by atoms with E-state index in [1.165, 1.54) is 77.0 Å². The van der Waals surface area contributed by atoms with Gasteiger partial charge in [0, 0.05) is 6.42 Å². The number of carbonyl (C=O) groups is 3. The summed E-state index contributed by atoms with van der Waals surface area (Å²) >= 11 is 5.88. The molecule has 34 heavy (non-hydrogen) atoms. The Labute approximate surface area is 224 Å². The second-order valence-corrected chi connectivity index (χ2v) is 10.1. The quantitative estimate of drug-likeness (QED) is 0.0728. The van der Waals surface area contributed by atoms with E-state index in [2.05, 4.69) is 63.1 Å². The normalized spacial score (nSPS) is 12.0. The number of ketones is 1. The topological polar surface area (TPSA) is 91.7 Å². The van der Waals surface area contributed by atoms with E-state index < -0.39 is 16.8 Å². The van der Waals surface area contributed by atoms with Gasteiger partial charge in [-0.05, 0) is 38.5 Å². The Hall–Kier alpha value is -0.950. The minimum Gasteiger partial charge on any atom is -0.481 e. The third-order valence-electron chi connectivity index (χ3n) is 5.18. The van der Waals surface area contributed by atoms with Crippen LogP contribution in [0.4, 0.5) is 0 Å². The van der Waals surface area contributed by atoms with E-state index in [1.807, 2.05) is 0 Å². The first-order valence-electron chi connectivity index (χ1n) is 12.8. The van der Waals surface area contributed by atoms with Crippen LogP contribution < -0.4 is 0 Å². The molecule has 0 saturated heterocycles. The molecule has 1 unspecified atom stereocenters. The number of halogens is 2. The van der Waals surface area contributed by atoms with Gasteiger partial charge in [0.2, 0.25) is 0 Å². The summed E-state index contributed by atoms with van der Waals surface area (Å²) in [4.78, 5) is 30.5. The number of alkyl halides is 2. The van der Waals surface area contributed by atoms with E-state index in [4.69, 9.17) is 10.2 Å². The van der Waals surface area contributed by atoms with Crippen LogP contribution in [0, 0.1) is 0 Å². The number of hydrogen-bond acceptors (Lipinski definition) is 3. The Balaban J connectivity index is 0. The van der Waals surface area contributed by atoms with Crippen molar-refractivity contribution in [2.45, 2.75) is 121 Å². The van der Waals surface area contributed by atoms with Gasteiger partial charge in [-0.25, -0.2) is 0 Å². The van der Waals surface area contributed by atoms with E-state index in [-0.39, 0.29) is 17.5 Å². The van der Waals surface area contributed by atoms with E-state index in [0.717, 1.165) is 19.3 Å². The van der Waals surface area contributed by atoms with E-state index in [9.17, 15) is 14.4 Å². The van der Waals surface area contributed by atoms with Crippen LogP contribution in [-0.4, -0.2) is 38.1 Å². The van der Waals surface area contributed by atoms with Gasteiger partial charge >= 0.3 is 11.9 Å². The number of carboxylic acid groups (broad SMARTS) is 2. The third-order valence-corrected chi connectivity index (χ3v) is 6.56. The summed E-state index contributed by atoms with van der Waals surface area (Å²) < 4.78 is 0. The molecule has 2 N–H and O–H groups in total. The van der Waals surface area contributed by atoms with Gasteiger partial charge in [-0.3, -0.25) is 14.4 Å². The number of allylic oxidation sites excluding steroid dienone is 4. The molecule has 0 amide bonds. The summed E-state index contributed by atoms with van der Waals surface area (Å²) in [6.45, 7) is 2.25. The van der Waals surface area contributed by atoms with Gasteiger partial charge in [-0.15, -0.1) is 0 Å². The molecule has 0 rings (SSSR count). The molecule has 0 aliphatic rings. The average Bonchev–Trinajstić information content (AvgIpc) is 2.79. The van der Waals surface area contributed by atoms with Gasteiger partial charge in [0.25, 0.3) is 0 Å². The first kappa shape index (κ1) is 35.2. The van der Waals surface area contributed by atoms with Crippen molar-refractivity contribution in [3.05, 3.63) is 24.3 Å². The Morgan fingerprint density at radius 3 is 1.62 bits per heavy atom. The van der Waals surface area contributed by atoms with Crippen molar-refractivity contribution in [2.24, 2.45) is 0 Å². The van der Waals surface area contributed by atoms with Crippen molar-refractivity contribution < 1.29 is 24.6 Å². The highest BCUT2D eigenvalue weighted by Gasteiger charge is 2.16. The van der Waals surface area contributed by atoms with Crippen LogP contribution in [0.1, 0.15) is 116 Å². The highest BCUT2D eigenvalue weighted by Crippen LogP contribution is 2.12. The Bertz CT molecular complexity index is 561. The van der Waals surface area contributed by atoms with Crippen LogP contribution >= 0.6 is 31.9 Å². The van der Waals surface area contributed by atoms with Crippen molar-refractivity contribution >= 4 is 49.6 Å². The van der Waals surface area contributed by atoms with Gasteiger partial charge in [0.05, 0.1) is 16.6 Å². The van der Waals surface area contributed by atoms with Crippen LogP contribution in [-0.2, 0) is 14.4 Å². The summed E-state index contributed by atoms with van der Waals surface area (Å²) in [5.74, 6) is -1.79. The fourth-order valence-electron chi connectivity index (χ4n) is 3.15. The fourth-order valence-corrected chi connectivity index (χ4v) is 4.41. The summed E-state index contributed by atoms with van der Waals surface area (Å²) in [6.07, 6.45) is 28.0. The van der Waals surface area contributed by atoms with Gasteiger partial charge in [0.1, 0.15) is 0 Å². The summed E-state index contributed by atoms with van der Waals surface area (Å²) in [6, 6.07) is 0. The molecule has 7 heteroatoms. The van der Waals surface area contributed by atoms with Crippen molar-refractivity contribution in [1.82, 2.24) is 0 Å². The van der Waals surface area contributed by atoms with E-state index >= 15 is 0 Å². The zero-order valence-electron chi connectivity index (χ0n) is 21.0. The molecule has 0 aromatic rings. The average molecular weight is 610 g/mol. The summed E-state index contributed by atoms with van der Waals surface area (Å²) in [7, 11) is 0. The number of hydrogen-bond donors (Lipinski definition) is 2. The number of rotatable bonds is 22. The Kier molecular flexibility index (Phi) is 29.3. The van der Waals surface area contributed by atoms with Crippen molar-refractivity contribution in [1.29, 1.82) is 0 Å². The van der Waals surface area contributed by atoms with Crippen LogP contribution in [0.15, 0.2) is 24.3 Å². The predicted octanol–water partition coefficient (Wildman–Crippen LogP) is 8.63. The SMILES string of the molecule is CCCCCC=CC/C=C\CCCCCCCCCCCC(=O)O.O=C(O)CC(Br)C(=O)CBr. The molecule has 198 valence electrons.